The summed E-state index contributed by atoms with van der Waals surface area (Å²) in [5.74, 6) is 0.451. The lowest BCUT2D eigenvalue weighted by atomic mass is 9.90. The lowest BCUT2D eigenvalue weighted by molar-refractivity contribution is 0.191. The third-order valence-corrected chi connectivity index (χ3v) is 7.21. The Kier molecular flexibility index (Phi) is 5.56. The van der Waals surface area contributed by atoms with Crippen LogP contribution in [0.5, 0.6) is 0 Å². The van der Waals surface area contributed by atoms with Crippen LogP contribution in [0.3, 0.4) is 0 Å². The monoisotopic (exact) mass is 482 g/mol. The number of aromatic nitrogens is 5. The number of nitrogens with zero attached hydrogens (tertiary/aromatic N) is 6. The molecule has 3 heterocycles. The topological polar surface area (TPSA) is 111 Å². The van der Waals surface area contributed by atoms with Crippen LogP contribution in [-0.4, -0.2) is 49.8 Å². The summed E-state index contributed by atoms with van der Waals surface area (Å²) < 4.78 is 7.90. The first-order valence-corrected chi connectivity index (χ1v) is 12.4. The smallest absolute Gasteiger partial charge is 0.300 e. The zero-order valence-corrected chi connectivity index (χ0v) is 20.8. The molecule has 5 aromatic rings. The van der Waals surface area contributed by atoms with E-state index in [4.69, 9.17) is 15.2 Å². The van der Waals surface area contributed by atoms with Crippen LogP contribution in [0, 0.1) is 6.92 Å². The number of nitrogens with one attached hydrogen (secondary N) is 1. The van der Waals surface area contributed by atoms with Crippen molar-refractivity contribution >= 4 is 39.7 Å². The van der Waals surface area contributed by atoms with Crippen molar-refractivity contribution in [2.24, 2.45) is 0 Å². The predicted molar refractivity (Wildman–Crippen MR) is 142 cm³/mol. The fraction of sp³-hybridized carbons (Fsp3) is 0.333. The number of nitrogen functional groups attached to an aromatic ring is 1. The van der Waals surface area contributed by atoms with E-state index in [1.165, 1.54) is 6.33 Å². The molecule has 1 aliphatic carbocycles. The molecule has 0 bridgehead atoms. The van der Waals surface area contributed by atoms with Gasteiger partial charge in [0.1, 0.15) is 23.4 Å². The molecule has 184 valence electrons. The van der Waals surface area contributed by atoms with Gasteiger partial charge in [0.25, 0.3) is 6.01 Å². The van der Waals surface area contributed by atoms with Gasteiger partial charge in [-0.2, -0.15) is 10.1 Å². The highest BCUT2D eigenvalue weighted by atomic mass is 16.4. The van der Waals surface area contributed by atoms with Crippen LogP contribution in [0.4, 0.5) is 17.5 Å². The fourth-order valence-electron chi connectivity index (χ4n) is 5.20. The second-order valence-electron chi connectivity index (χ2n) is 9.87. The van der Waals surface area contributed by atoms with E-state index in [9.17, 15) is 0 Å². The number of anilines is 3. The van der Waals surface area contributed by atoms with Gasteiger partial charge in [-0.1, -0.05) is 18.2 Å². The molecular formula is C27H30N8O. The van der Waals surface area contributed by atoms with Gasteiger partial charge in [-0.25, -0.2) is 14.6 Å². The van der Waals surface area contributed by atoms with E-state index in [0.29, 0.717) is 23.9 Å². The Labute approximate surface area is 209 Å². The Bertz CT molecular complexity index is 1530. The van der Waals surface area contributed by atoms with Crippen LogP contribution in [0.1, 0.15) is 37.3 Å². The molecule has 1 saturated carbocycles. The molecule has 0 saturated heterocycles. The van der Waals surface area contributed by atoms with Crippen LogP contribution >= 0.6 is 0 Å². The summed E-state index contributed by atoms with van der Waals surface area (Å²) in [4.78, 5) is 15.7. The molecule has 0 atom stereocenters. The number of hydrogen-bond acceptors (Lipinski definition) is 8. The first-order chi connectivity index (χ1) is 17.5. The molecule has 3 N–H and O–H groups in total. The van der Waals surface area contributed by atoms with Crippen molar-refractivity contribution in [3.05, 3.63) is 54.4 Å². The van der Waals surface area contributed by atoms with Gasteiger partial charge >= 0.3 is 0 Å². The quantitative estimate of drug-likeness (QED) is 0.346. The Balaban J connectivity index is 1.29. The SMILES string of the molecule is Cc1ccc2oc(Nc3ccc(-c4nn(C5CCC(N(C)C)CC5)c5ncnc(N)c45)cc3)nc2c1. The van der Waals surface area contributed by atoms with E-state index in [0.717, 1.165) is 70.3 Å². The number of oxazole rings is 1. The molecule has 0 amide bonds. The molecule has 1 fully saturated rings. The summed E-state index contributed by atoms with van der Waals surface area (Å²) in [7, 11) is 4.31. The number of rotatable bonds is 5. The minimum atomic E-state index is 0.301. The lowest BCUT2D eigenvalue weighted by Crippen LogP contribution is -2.33. The third-order valence-electron chi connectivity index (χ3n) is 7.21. The zero-order chi connectivity index (χ0) is 24.8. The van der Waals surface area contributed by atoms with Crippen molar-refractivity contribution in [3.63, 3.8) is 0 Å². The first-order valence-electron chi connectivity index (χ1n) is 12.4. The summed E-state index contributed by atoms with van der Waals surface area (Å²) in [5, 5.41) is 9.10. The van der Waals surface area contributed by atoms with Crippen molar-refractivity contribution in [3.8, 4) is 11.3 Å². The third kappa shape index (κ3) is 4.05. The number of nitrogens with two attached hydrogens (primary N) is 1. The molecule has 0 unspecified atom stereocenters. The van der Waals surface area contributed by atoms with E-state index >= 15 is 0 Å². The van der Waals surface area contributed by atoms with E-state index in [1.54, 1.807) is 0 Å². The van der Waals surface area contributed by atoms with Crippen molar-refractivity contribution in [2.45, 2.75) is 44.7 Å². The second kappa shape index (κ2) is 8.91. The minimum Gasteiger partial charge on any atom is -0.423 e. The molecule has 2 aromatic carbocycles. The molecule has 0 aliphatic heterocycles. The van der Waals surface area contributed by atoms with E-state index < -0.39 is 0 Å². The molecule has 9 heteroatoms. The number of benzene rings is 2. The van der Waals surface area contributed by atoms with Crippen LogP contribution in [0.2, 0.25) is 0 Å². The van der Waals surface area contributed by atoms with Gasteiger partial charge in [-0.15, -0.1) is 0 Å². The van der Waals surface area contributed by atoms with Crippen molar-refractivity contribution in [1.29, 1.82) is 0 Å². The Hall–Kier alpha value is -3.98. The molecule has 0 spiro atoms. The van der Waals surface area contributed by atoms with E-state index in [2.05, 4.69) is 43.9 Å². The largest absolute Gasteiger partial charge is 0.423 e. The van der Waals surface area contributed by atoms with Crippen LogP contribution in [0.25, 0.3) is 33.4 Å². The first kappa shape index (κ1) is 22.5. The maximum atomic E-state index is 6.33. The summed E-state index contributed by atoms with van der Waals surface area (Å²) in [6.45, 7) is 2.04. The Morgan fingerprint density at radius 1 is 1.03 bits per heavy atom. The molecule has 3 aromatic heterocycles. The fourth-order valence-corrected chi connectivity index (χ4v) is 5.20. The predicted octanol–water partition coefficient (Wildman–Crippen LogP) is 5.31. The minimum absolute atomic E-state index is 0.301. The maximum absolute atomic E-state index is 6.33. The van der Waals surface area contributed by atoms with Crippen molar-refractivity contribution in [1.82, 2.24) is 29.6 Å². The average molecular weight is 483 g/mol. The molecule has 0 radical (unpaired) electrons. The van der Waals surface area contributed by atoms with Crippen molar-refractivity contribution in [2.75, 3.05) is 25.1 Å². The highest BCUT2D eigenvalue weighted by Crippen LogP contribution is 2.37. The standard InChI is InChI=1S/C27H30N8O/c1-16-4-13-22-21(14-16)32-27(36-22)31-18-7-5-17(6-8-18)24-23-25(28)29-15-30-26(23)35(33-24)20-11-9-19(10-12-20)34(2)3/h4-8,13-15,19-20H,9-12H2,1-3H3,(H,31,32)(H2,28,29,30). The summed E-state index contributed by atoms with van der Waals surface area (Å²) >= 11 is 0. The van der Waals surface area contributed by atoms with Gasteiger partial charge < -0.3 is 20.4 Å². The molecular weight excluding hydrogens is 452 g/mol. The van der Waals surface area contributed by atoms with Crippen LogP contribution in [-0.2, 0) is 0 Å². The molecule has 9 nitrogen and oxygen atoms in total. The second-order valence-corrected chi connectivity index (χ2v) is 9.87. The van der Waals surface area contributed by atoms with E-state index in [-0.39, 0.29) is 0 Å². The Morgan fingerprint density at radius 3 is 2.56 bits per heavy atom. The van der Waals surface area contributed by atoms with Gasteiger partial charge in [-0.3, -0.25) is 0 Å². The van der Waals surface area contributed by atoms with Gasteiger partial charge in [0.15, 0.2) is 11.2 Å². The number of aryl methyl sites for hydroxylation is 1. The molecule has 6 rings (SSSR count). The normalized spacial score (nSPS) is 18.3. The van der Waals surface area contributed by atoms with Gasteiger partial charge in [-0.05, 0) is 76.5 Å². The van der Waals surface area contributed by atoms with Gasteiger partial charge in [0.2, 0.25) is 0 Å². The summed E-state index contributed by atoms with van der Waals surface area (Å²) in [6, 6.07) is 15.4. The maximum Gasteiger partial charge on any atom is 0.300 e. The molecule has 1 aliphatic rings. The highest BCUT2D eigenvalue weighted by Gasteiger charge is 2.27. The number of fused-ring (bicyclic) bond motifs is 2. The lowest BCUT2D eigenvalue weighted by Gasteiger charge is -2.32. The van der Waals surface area contributed by atoms with Crippen LogP contribution < -0.4 is 11.1 Å². The van der Waals surface area contributed by atoms with Crippen LogP contribution in [0.15, 0.2) is 53.2 Å². The highest BCUT2D eigenvalue weighted by molar-refractivity contribution is 5.98. The van der Waals surface area contributed by atoms with Gasteiger partial charge in [0, 0.05) is 17.3 Å². The zero-order valence-electron chi connectivity index (χ0n) is 20.8. The number of hydrogen-bond donors (Lipinski definition) is 2. The summed E-state index contributed by atoms with van der Waals surface area (Å²) in [6.07, 6.45) is 5.95. The Morgan fingerprint density at radius 2 is 1.81 bits per heavy atom. The van der Waals surface area contributed by atoms with Gasteiger partial charge in [0.05, 0.1) is 11.4 Å². The average Bonchev–Trinajstić information content (AvgIpc) is 3.46. The van der Waals surface area contributed by atoms with E-state index in [1.807, 2.05) is 49.4 Å². The molecule has 36 heavy (non-hydrogen) atoms. The summed E-state index contributed by atoms with van der Waals surface area (Å²) in [5.41, 5.74) is 12.5. The van der Waals surface area contributed by atoms with Crippen molar-refractivity contribution < 1.29 is 4.42 Å².